The van der Waals surface area contributed by atoms with Crippen molar-refractivity contribution in [1.82, 2.24) is 24.8 Å². The molecule has 10 nitrogen and oxygen atoms in total. The predicted molar refractivity (Wildman–Crippen MR) is 159 cm³/mol. The van der Waals surface area contributed by atoms with Crippen molar-refractivity contribution in [3.63, 3.8) is 0 Å². The molecule has 0 spiro atoms. The first-order valence-electron chi connectivity index (χ1n) is 13.9. The van der Waals surface area contributed by atoms with E-state index in [1.54, 1.807) is 24.4 Å². The molecule has 0 saturated carbocycles. The Kier molecular flexibility index (Phi) is 7.61. The Balaban J connectivity index is 1.38. The lowest BCUT2D eigenvalue weighted by Gasteiger charge is -2.41. The summed E-state index contributed by atoms with van der Waals surface area (Å²) in [5.41, 5.74) is 4.87. The third-order valence-electron chi connectivity index (χ3n) is 7.71. The quantitative estimate of drug-likeness (QED) is 0.383. The summed E-state index contributed by atoms with van der Waals surface area (Å²) in [4.78, 5) is 31.0. The molecule has 1 saturated heterocycles. The molecule has 11 heteroatoms. The molecule has 1 atom stereocenters. The Hall–Kier alpha value is -4.35. The van der Waals surface area contributed by atoms with Gasteiger partial charge in [-0.15, -0.1) is 0 Å². The molecule has 4 bridgehead atoms. The van der Waals surface area contributed by atoms with Gasteiger partial charge in [0.05, 0.1) is 17.2 Å². The normalized spacial score (nSPS) is 18.8. The summed E-state index contributed by atoms with van der Waals surface area (Å²) in [6.07, 6.45) is 4.18. The van der Waals surface area contributed by atoms with Gasteiger partial charge >= 0.3 is 0 Å². The van der Waals surface area contributed by atoms with Gasteiger partial charge in [0, 0.05) is 68.2 Å². The van der Waals surface area contributed by atoms with E-state index in [2.05, 4.69) is 24.6 Å². The predicted octanol–water partition coefficient (Wildman–Crippen LogP) is 4.07. The highest BCUT2D eigenvalue weighted by molar-refractivity contribution is 7.92. The maximum Gasteiger partial charge on any atom is 0.264 e. The van der Waals surface area contributed by atoms with Crippen LogP contribution in [0.5, 0.6) is 5.88 Å². The van der Waals surface area contributed by atoms with E-state index in [4.69, 9.17) is 4.74 Å². The number of aryl methyl sites for hydroxylation is 2. The first-order chi connectivity index (χ1) is 20.3. The average Bonchev–Trinajstić information content (AvgIpc) is 2.97. The minimum Gasteiger partial charge on any atom is -0.477 e. The first kappa shape index (κ1) is 27.8. The van der Waals surface area contributed by atoms with Crippen molar-refractivity contribution in [3.05, 3.63) is 95.3 Å². The Labute approximate surface area is 245 Å². The van der Waals surface area contributed by atoms with Crippen LogP contribution in [0, 0.1) is 13.8 Å². The summed E-state index contributed by atoms with van der Waals surface area (Å²) in [7, 11) is -4.10. The van der Waals surface area contributed by atoms with E-state index in [0.29, 0.717) is 37.3 Å². The number of piperazine rings is 1. The number of carbonyl (C=O) groups is 1. The molecule has 1 N–H and O–H groups in total. The van der Waals surface area contributed by atoms with Crippen molar-refractivity contribution in [2.75, 3.05) is 31.0 Å². The van der Waals surface area contributed by atoms with E-state index in [9.17, 15) is 13.2 Å². The summed E-state index contributed by atoms with van der Waals surface area (Å²) in [6.45, 7) is 6.81. The molecule has 2 aliphatic rings. The van der Waals surface area contributed by atoms with Gasteiger partial charge in [-0.2, -0.15) is 4.98 Å². The Morgan fingerprint density at radius 2 is 1.81 bits per heavy atom. The molecule has 2 aliphatic heterocycles. The summed E-state index contributed by atoms with van der Waals surface area (Å²) in [6, 6.07) is 17.6. The molecule has 2 aromatic heterocycles. The Bertz CT molecular complexity index is 1710. The zero-order valence-corrected chi connectivity index (χ0v) is 24.3. The molecule has 1 amide bonds. The number of sulfonamides is 1. The Morgan fingerprint density at radius 1 is 1.00 bits per heavy atom. The zero-order chi connectivity index (χ0) is 29.3. The van der Waals surface area contributed by atoms with E-state index in [-0.39, 0.29) is 35.3 Å². The third-order valence-corrected chi connectivity index (χ3v) is 9.04. The fourth-order valence-electron chi connectivity index (χ4n) is 5.66. The fourth-order valence-corrected chi connectivity index (χ4v) is 6.65. The average molecular weight is 585 g/mol. The van der Waals surface area contributed by atoms with Gasteiger partial charge in [0.15, 0.2) is 0 Å². The lowest BCUT2D eigenvalue weighted by atomic mass is 10.00. The topological polar surface area (TPSA) is 118 Å². The number of anilines is 1. The number of benzene rings is 2. The van der Waals surface area contributed by atoms with Gasteiger partial charge < -0.3 is 9.64 Å². The van der Waals surface area contributed by atoms with E-state index >= 15 is 0 Å². The number of aromatic nitrogens is 3. The molecule has 1 fully saturated rings. The summed E-state index contributed by atoms with van der Waals surface area (Å²) >= 11 is 0. The number of hydrogen-bond acceptors (Lipinski definition) is 8. The number of fused-ring (bicyclic) bond motifs is 5. The second-order valence-corrected chi connectivity index (χ2v) is 12.4. The van der Waals surface area contributed by atoms with Gasteiger partial charge in [-0.05, 0) is 54.8 Å². The third kappa shape index (κ3) is 5.83. The van der Waals surface area contributed by atoms with Crippen LogP contribution in [0.15, 0.2) is 78.0 Å². The highest BCUT2D eigenvalue weighted by Crippen LogP contribution is 2.30. The van der Waals surface area contributed by atoms with Crippen molar-refractivity contribution in [2.24, 2.45) is 0 Å². The molecule has 4 heterocycles. The van der Waals surface area contributed by atoms with Crippen LogP contribution >= 0.6 is 0 Å². The van der Waals surface area contributed by atoms with E-state index < -0.39 is 10.0 Å². The van der Waals surface area contributed by atoms with E-state index in [1.165, 1.54) is 12.1 Å². The van der Waals surface area contributed by atoms with Crippen molar-refractivity contribution >= 4 is 21.9 Å². The smallest absolute Gasteiger partial charge is 0.264 e. The van der Waals surface area contributed by atoms with Gasteiger partial charge in [0.25, 0.3) is 15.9 Å². The van der Waals surface area contributed by atoms with Crippen LogP contribution in [0.2, 0.25) is 0 Å². The molecule has 42 heavy (non-hydrogen) atoms. The van der Waals surface area contributed by atoms with Crippen molar-refractivity contribution in [3.8, 4) is 17.1 Å². The minimum absolute atomic E-state index is 0.0410. The van der Waals surface area contributed by atoms with Gasteiger partial charge in [0.1, 0.15) is 0 Å². The molecule has 0 aliphatic carbocycles. The molecule has 2 aromatic carbocycles. The number of amides is 1. The number of rotatable bonds is 3. The van der Waals surface area contributed by atoms with Gasteiger partial charge in [-0.3, -0.25) is 14.7 Å². The summed E-state index contributed by atoms with van der Waals surface area (Å²) in [5.74, 6) is -0.0461. The number of pyridine rings is 1. The highest BCUT2D eigenvalue weighted by atomic mass is 32.2. The summed E-state index contributed by atoms with van der Waals surface area (Å²) in [5, 5.41) is 0. The van der Waals surface area contributed by atoms with Crippen LogP contribution in [0.1, 0.15) is 33.5 Å². The monoisotopic (exact) mass is 584 g/mol. The second-order valence-electron chi connectivity index (χ2n) is 10.7. The van der Waals surface area contributed by atoms with Crippen molar-refractivity contribution < 1.29 is 17.9 Å². The number of ether oxygens (including phenoxy) is 1. The standard InChI is InChI=1S/C31H32N6O4S/c1-21-6-3-7-22(2)29(21)27-17-28-34-31(33-27)35-42(39,40)26-10-4-9-24(16-26)30(38)37-14-13-36(20-25(37)11-15-41-28)19-23-8-5-12-32-18-23/h3-10,12,16-18,25H,11,13-15,19-20H2,1-2H3,(H,33,34,35)/t25-/m0/s1. The Morgan fingerprint density at radius 3 is 2.60 bits per heavy atom. The highest BCUT2D eigenvalue weighted by Gasteiger charge is 2.32. The van der Waals surface area contributed by atoms with Crippen LogP contribution in [0.3, 0.4) is 0 Å². The molecular weight excluding hydrogens is 552 g/mol. The SMILES string of the molecule is Cc1cccc(C)c1-c1cc2nc(n1)NS(=O)(=O)c1cccc(c1)C(=O)N1CCN(Cc3cccnc3)C[C@@H]1CCO2. The molecular formula is C31H32N6O4S. The van der Waals surface area contributed by atoms with Crippen LogP contribution in [-0.2, 0) is 16.6 Å². The molecule has 0 unspecified atom stereocenters. The maximum absolute atomic E-state index is 13.7. The molecule has 216 valence electrons. The molecule has 0 radical (unpaired) electrons. The van der Waals surface area contributed by atoms with Crippen molar-refractivity contribution in [1.29, 1.82) is 0 Å². The second kappa shape index (κ2) is 11.5. The van der Waals surface area contributed by atoms with Crippen LogP contribution in [0.4, 0.5) is 5.95 Å². The first-order valence-corrected chi connectivity index (χ1v) is 15.4. The van der Waals surface area contributed by atoms with Crippen LogP contribution in [0.25, 0.3) is 11.3 Å². The van der Waals surface area contributed by atoms with E-state index in [0.717, 1.165) is 28.8 Å². The maximum atomic E-state index is 13.7. The van der Waals surface area contributed by atoms with Gasteiger partial charge in [-0.1, -0.05) is 30.3 Å². The van der Waals surface area contributed by atoms with Crippen LogP contribution < -0.4 is 9.46 Å². The number of carbonyl (C=O) groups excluding carboxylic acids is 1. The number of nitrogens with zero attached hydrogens (tertiary/aromatic N) is 5. The van der Waals surface area contributed by atoms with E-state index in [1.807, 2.05) is 55.3 Å². The molecule has 6 rings (SSSR count). The zero-order valence-electron chi connectivity index (χ0n) is 23.5. The number of hydrogen-bond donors (Lipinski definition) is 1. The lowest BCUT2D eigenvalue weighted by Crippen LogP contribution is -2.55. The van der Waals surface area contributed by atoms with Crippen molar-refractivity contribution in [2.45, 2.75) is 37.8 Å². The fraction of sp³-hybridized carbons (Fsp3) is 0.290. The van der Waals surface area contributed by atoms with Gasteiger partial charge in [-0.25, -0.2) is 18.1 Å². The largest absolute Gasteiger partial charge is 0.477 e. The molecule has 4 aromatic rings. The minimum atomic E-state index is -4.10. The lowest BCUT2D eigenvalue weighted by molar-refractivity contribution is 0.0387. The van der Waals surface area contributed by atoms with Crippen LogP contribution in [-0.4, -0.2) is 71.4 Å². The summed E-state index contributed by atoms with van der Waals surface area (Å²) < 4.78 is 35.6. The van der Waals surface area contributed by atoms with Gasteiger partial charge in [0.2, 0.25) is 11.8 Å². The number of nitrogens with one attached hydrogen (secondary N) is 1.